The summed E-state index contributed by atoms with van der Waals surface area (Å²) >= 11 is 3.56. The molecule has 118 valence electrons. The molecule has 1 N–H and O–H groups in total. The van der Waals surface area contributed by atoms with Crippen molar-refractivity contribution in [1.29, 1.82) is 0 Å². The molecule has 1 aromatic carbocycles. The Labute approximate surface area is 136 Å². The van der Waals surface area contributed by atoms with E-state index in [2.05, 4.69) is 54.2 Å². The SMILES string of the molecule is COc1ccc(C(C)NC2CCOC(C(C)C)C2)cc1Br. The van der Waals surface area contributed by atoms with Crippen molar-refractivity contribution >= 4 is 15.9 Å². The van der Waals surface area contributed by atoms with Gasteiger partial charge in [-0.2, -0.15) is 0 Å². The highest BCUT2D eigenvalue weighted by molar-refractivity contribution is 9.10. The van der Waals surface area contributed by atoms with Crippen molar-refractivity contribution in [2.45, 2.75) is 51.8 Å². The average Bonchev–Trinajstić information content (AvgIpc) is 2.47. The third kappa shape index (κ3) is 4.44. The van der Waals surface area contributed by atoms with Crippen LogP contribution in [0, 0.1) is 5.92 Å². The lowest BCUT2D eigenvalue weighted by Crippen LogP contribution is -2.41. The minimum atomic E-state index is 0.322. The summed E-state index contributed by atoms with van der Waals surface area (Å²) in [4.78, 5) is 0. The monoisotopic (exact) mass is 355 g/mol. The van der Waals surface area contributed by atoms with Crippen LogP contribution >= 0.6 is 15.9 Å². The second-order valence-corrected chi connectivity index (χ2v) is 7.01. The van der Waals surface area contributed by atoms with Crippen molar-refractivity contribution in [2.75, 3.05) is 13.7 Å². The topological polar surface area (TPSA) is 30.5 Å². The molecule has 0 spiro atoms. The summed E-state index contributed by atoms with van der Waals surface area (Å²) in [6.45, 7) is 7.54. The maximum absolute atomic E-state index is 5.84. The molecule has 4 heteroatoms. The highest BCUT2D eigenvalue weighted by Gasteiger charge is 2.25. The fraction of sp³-hybridized carbons (Fsp3) is 0.647. The molecular weight excluding hydrogens is 330 g/mol. The van der Waals surface area contributed by atoms with Gasteiger partial charge in [-0.1, -0.05) is 19.9 Å². The maximum atomic E-state index is 5.84. The number of hydrogen-bond donors (Lipinski definition) is 1. The van der Waals surface area contributed by atoms with Gasteiger partial charge in [-0.15, -0.1) is 0 Å². The predicted octanol–water partition coefficient (Wildman–Crippen LogP) is 4.31. The zero-order chi connectivity index (χ0) is 15.4. The zero-order valence-electron chi connectivity index (χ0n) is 13.4. The van der Waals surface area contributed by atoms with E-state index in [0.29, 0.717) is 24.1 Å². The van der Waals surface area contributed by atoms with E-state index in [1.54, 1.807) is 7.11 Å². The molecule has 1 aliphatic heterocycles. The Morgan fingerprint density at radius 3 is 2.71 bits per heavy atom. The van der Waals surface area contributed by atoms with E-state index in [9.17, 15) is 0 Å². The highest BCUT2D eigenvalue weighted by atomic mass is 79.9. The van der Waals surface area contributed by atoms with Gasteiger partial charge in [0.25, 0.3) is 0 Å². The van der Waals surface area contributed by atoms with Crippen molar-refractivity contribution in [2.24, 2.45) is 5.92 Å². The van der Waals surface area contributed by atoms with E-state index in [1.165, 1.54) is 5.56 Å². The van der Waals surface area contributed by atoms with Gasteiger partial charge in [0.15, 0.2) is 0 Å². The molecule has 3 unspecified atom stereocenters. The lowest BCUT2D eigenvalue weighted by Gasteiger charge is -2.34. The van der Waals surface area contributed by atoms with Gasteiger partial charge in [0.2, 0.25) is 0 Å². The summed E-state index contributed by atoms with van der Waals surface area (Å²) in [5.41, 5.74) is 1.27. The second-order valence-electron chi connectivity index (χ2n) is 6.16. The summed E-state index contributed by atoms with van der Waals surface area (Å²) in [6, 6.07) is 7.12. The molecule has 1 heterocycles. The van der Waals surface area contributed by atoms with E-state index in [4.69, 9.17) is 9.47 Å². The average molecular weight is 356 g/mol. The third-order valence-electron chi connectivity index (χ3n) is 4.22. The molecule has 1 fully saturated rings. The molecule has 0 saturated carbocycles. The molecule has 2 rings (SSSR count). The largest absolute Gasteiger partial charge is 0.496 e. The van der Waals surface area contributed by atoms with Crippen molar-refractivity contribution in [3.05, 3.63) is 28.2 Å². The minimum absolute atomic E-state index is 0.322. The van der Waals surface area contributed by atoms with Crippen LogP contribution in [0.3, 0.4) is 0 Å². The van der Waals surface area contributed by atoms with Crippen LogP contribution in [0.25, 0.3) is 0 Å². The van der Waals surface area contributed by atoms with Crippen LogP contribution in [0.15, 0.2) is 22.7 Å². The molecule has 0 radical (unpaired) electrons. The summed E-state index contributed by atoms with van der Waals surface area (Å²) in [6.07, 6.45) is 2.57. The van der Waals surface area contributed by atoms with Crippen LogP contribution in [-0.4, -0.2) is 25.9 Å². The Balaban J connectivity index is 1.97. The van der Waals surface area contributed by atoms with Gasteiger partial charge < -0.3 is 14.8 Å². The first-order valence-electron chi connectivity index (χ1n) is 7.72. The molecular formula is C17H26BrNO2. The van der Waals surface area contributed by atoms with Crippen LogP contribution in [0.5, 0.6) is 5.75 Å². The van der Waals surface area contributed by atoms with Crippen LogP contribution in [-0.2, 0) is 4.74 Å². The number of rotatable bonds is 5. The molecule has 1 saturated heterocycles. The molecule has 0 amide bonds. The number of hydrogen-bond acceptors (Lipinski definition) is 3. The van der Waals surface area contributed by atoms with Crippen molar-refractivity contribution in [1.82, 2.24) is 5.32 Å². The Kier molecular flexibility index (Phi) is 6.08. The molecule has 0 aliphatic carbocycles. The molecule has 1 aromatic rings. The highest BCUT2D eigenvalue weighted by Crippen LogP contribution is 2.29. The van der Waals surface area contributed by atoms with E-state index in [0.717, 1.165) is 29.7 Å². The molecule has 0 aromatic heterocycles. The molecule has 0 bridgehead atoms. The number of nitrogens with one attached hydrogen (secondary N) is 1. The standard InChI is InChI=1S/C17H26BrNO2/c1-11(2)17-10-14(7-8-21-17)19-12(3)13-5-6-16(20-4)15(18)9-13/h5-6,9,11-12,14,17,19H,7-8,10H2,1-4H3. The van der Waals surface area contributed by atoms with E-state index >= 15 is 0 Å². The van der Waals surface area contributed by atoms with Gasteiger partial charge in [-0.25, -0.2) is 0 Å². The normalized spacial score (nSPS) is 24.1. The van der Waals surface area contributed by atoms with Gasteiger partial charge in [-0.3, -0.25) is 0 Å². The molecule has 3 atom stereocenters. The van der Waals surface area contributed by atoms with Gasteiger partial charge >= 0.3 is 0 Å². The lowest BCUT2D eigenvalue weighted by molar-refractivity contribution is -0.0257. The predicted molar refractivity (Wildman–Crippen MR) is 89.8 cm³/mol. The van der Waals surface area contributed by atoms with Crippen LogP contribution in [0.2, 0.25) is 0 Å². The number of ether oxygens (including phenoxy) is 2. The fourth-order valence-corrected chi connectivity index (χ4v) is 3.40. The quantitative estimate of drug-likeness (QED) is 0.853. The Hall–Kier alpha value is -0.580. The minimum Gasteiger partial charge on any atom is -0.496 e. The molecule has 3 nitrogen and oxygen atoms in total. The summed E-state index contributed by atoms with van der Waals surface area (Å²) in [7, 11) is 1.69. The third-order valence-corrected chi connectivity index (χ3v) is 4.84. The van der Waals surface area contributed by atoms with Gasteiger partial charge in [0.05, 0.1) is 17.7 Å². The first kappa shape index (κ1) is 16.8. The smallest absolute Gasteiger partial charge is 0.133 e. The first-order chi connectivity index (χ1) is 10.0. The van der Waals surface area contributed by atoms with Crippen LogP contribution < -0.4 is 10.1 Å². The van der Waals surface area contributed by atoms with E-state index in [-0.39, 0.29) is 0 Å². The van der Waals surface area contributed by atoms with Crippen LogP contribution in [0.1, 0.15) is 45.2 Å². The zero-order valence-corrected chi connectivity index (χ0v) is 14.9. The Morgan fingerprint density at radius 1 is 1.33 bits per heavy atom. The van der Waals surface area contributed by atoms with Gasteiger partial charge in [-0.05, 0) is 59.3 Å². The summed E-state index contributed by atoms with van der Waals surface area (Å²) in [5, 5.41) is 3.74. The molecule has 21 heavy (non-hydrogen) atoms. The summed E-state index contributed by atoms with van der Waals surface area (Å²) in [5.74, 6) is 1.46. The number of halogens is 1. The Bertz CT molecular complexity index is 464. The second kappa shape index (κ2) is 7.61. The fourth-order valence-electron chi connectivity index (χ4n) is 2.85. The van der Waals surface area contributed by atoms with E-state index < -0.39 is 0 Å². The Morgan fingerprint density at radius 2 is 2.10 bits per heavy atom. The summed E-state index contributed by atoms with van der Waals surface area (Å²) < 4.78 is 12.1. The van der Waals surface area contributed by atoms with Crippen molar-refractivity contribution in [3.63, 3.8) is 0 Å². The number of methoxy groups -OCH3 is 1. The lowest BCUT2D eigenvalue weighted by atomic mass is 9.94. The van der Waals surface area contributed by atoms with Crippen molar-refractivity contribution < 1.29 is 9.47 Å². The van der Waals surface area contributed by atoms with E-state index in [1.807, 2.05) is 6.07 Å². The maximum Gasteiger partial charge on any atom is 0.133 e. The van der Waals surface area contributed by atoms with Crippen LogP contribution in [0.4, 0.5) is 0 Å². The van der Waals surface area contributed by atoms with Crippen molar-refractivity contribution in [3.8, 4) is 5.75 Å². The van der Waals surface area contributed by atoms with Gasteiger partial charge in [0, 0.05) is 18.7 Å². The number of benzene rings is 1. The molecule has 1 aliphatic rings. The van der Waals surface area contributed by atoms with Gasteiger partial charge in [0.1, 0.15) is 5.75 Å². The first-order valence-corrected chi connectivity index (χ1v) is 8.51.